The Balaban J connectivity index is 1.42. The first-order valence-corrected chi connectivity index (χ1v) is 11.0. The molecule has 1 saturated heterocycles. The minimum Gasteiger partial charge on any atom is -0.497 e. The number of nitrogens with one attached hydrogen (secondary N) is 1. The average molecular weight is 445 g/mol. The van der Waals surface area contributed by atoms with E-state index in [1.165, 1.54) is 0 Å². The van der Waals surface area contributed by atoms with Crippen LogP contribution in [-0.4, -0.2) is 60.7 Å². The second kappa shape index (κ2) is 11.0. The summed E-state index contributed by atoms with van der Waals surface area (Å²) in [4.78, 5) is 31.5. The Kier molecular flexibility index (Phi) is 8.08. The van der Waals surface area contributed by atoms with E-state index >= 15 is 0 Å². The van der Waals surface area contributed by atoms with Gasteiger partial charge in [-0.15, -0.1) is 0 Å². The maximum atomic E-state index is 12.9. The average Bonchev–Trinajstić information content (AvgIpc) is 3.30. The number of methoxy groups -OCH3 is 2. The number of carbonyl (C=O) groups is 2. The Morgan fingerprint density at radius 2 is 1.81 bits per heavy atom. The third-order valence-electron chi connectivity index (χ3n) is 5.62. The molecule has 174 valence electrons. The van der Waals surface area contributed by atoms with Crippen LogP contribution in [0.2, 0.25) is 0 Å². The van der Waals surface area contributed by atoms with E-state index in [9.17, 15) is 9.59 Å². The summed E-state index contributed by atoms with van der Waals surface area (Å²) in [7, 11) is 3.11. The third-order valence-corrected chi connectivity index (χ3v) is 5.62. The molecule has 0 atom stereocenters. The summed E-state index contributed by atoms with van der Waals surface area (Å²) in [6.07, 6.45) is 2.65. The van der Waals surface area contributed by atoms with Crippen LogP contribution in [0.5, 0.6) is 11.5 Å². The van der Waals surface area contributed by atoms with Crippen molar-refractivity contribution in [3.63, 3.8) is 0 Å². The van der Waals surface area contributed by atoms with Crippen molar-refractivity contribution in [3.05, 3.63) is 35.5 Å². The molecule has 2 heterocycles. The van der Waals surface area contributed by atoms with Gasteiger partial charge in [-0.25, -0.2) is 0 Å². The molecule has 1 fully saturated rings. The van der Waals surface area contributed by atoms with Crippen LogP contribution in [0.25, 0.3) is 0 Å². The van der Waals surface area contributed by atoms with E-state index in [1.54, 1.807) is 37.3 Å². The van der Waals surface area contributed by atoms with Crippen LogP contribution in [0.15, 0.2) is 22.7 Å². The van der Waals surface area contributed by atoms with Crippen LogP contribution in [0.3, 0.4) is 0 Å². The van der Waals surface area contributed by atoms with Gasteiger partial charge in [-0.2, -0.15) is 4.98 Å². The molecule has 3 rings (SSSR count). The summed E-state index contributed by atoms with van der Waals surface area (Å²) >= 11 is 0. The molecule has 0 unspecified atom stereocenters. The fourth-order valence-electron chi connectivity index (χ4n) is 3.66. The van der Waals surface area contributed by atoms with Gasteiger partial charge in [-0.3, -0.25) is 9.59 Å². The van der Waals surface area contributed by atoms with Crippen molar-refractivity contribution in [3.8, 4) is 11.5 Å². The Morgan fingerprint density at radius 1 is 1.16 bits per heavy atom. The maximum Gasteiger partial charge on any atom is 0.254 e. The van der Waals surface area contributed by atoms with E-state index in [0.29, 0.717) is 67.7 Å². The number of likely N-dealkylation sites (tertiary alicyclic amines) is 1. The highest BCUT2D eigenvalue weighted by Gasteiger charge is 2.28. The van der Waals surface area contributed by atoms with Crippen molar-refractivity contribution >= 4 is 11.8 Å². The number of carbonyl (C=O) groups excluding carboxylic acids is 2. The van der Waals surface area contributed by atoms with Crippen molar-refractivity contribution in [2.75, 3.05) is 33.9 Å². The van der Waals surface area contributed by atoms with Gasteiger partial charge in [0, 0.05) is 49.5 Å². The van der Waals surface area contributed by atoms with Crippen molar-refractivity contribution < 1.29 is 23.6 Å². The van der Waals surface area contributed by atoms with Crippen LogP contribution < -0.4 is 14.8 Å². The number of rotatable bonds is 9. The van der Waals surface area contributed by atoms with E-state index in [-0.39, 0.29) is 23.7 Å². The molecule has 0 aliphatic carbocycles. The number of hydrogen-bond donors (Lipinski definition) is 1. The van der Waals surface area contributed by atoms with Crippen LogP contribution in [0, 0.1) is 5.92 Å². The molecule has 0 radical (unpaired) electrons. The second-order valence-electron chi connectivity index (χ2n) is 8.26. The largest absolute Gasteiger partial charge is 0.497 e. The molecule has 1 aliphatic rings. The van der Waals surface area contributed by atoms with E-state index in [4.69, 9.17) is 14.0 Å². The molecule has 0 spiro atoms. The number of piperidine rings is 1. The Morgan fingerprint density at radius 3 is 2.38 bits per heavy atom. The Labute approximate surface area is 188 Å². The smallest absolute Gasteiger partial charge is 0.254 e. The molecular weight excluding hydrogens is 412 g/mol. The lowest BCUT2D eigenvalue weighted by atomic mass is 9.95. The molecule has 2 aromatic rings. The van der Waals surface area contributed by atoms with E-state index in [0.717, 1.165) is 6.42 Å². The second-order valence-corrected chi connectivity index (χ2v) is 8.26. The zero-order valence-corrected chi connectivity index (χ0v) is 19.2. The van der Waals surface area contributed by atoms with Gasteiger partial charge in [-0.1, -0.05) is 19.0 Å². The summed E-state index contributed by atoms with van der Waals surface area (Å²) < 4.78 is 15.7. The van der Waals surface area contributed by atoms with Gasteiger partial charge in [0.05, 0.1) is 14.2 Å². The molecule has 1 aromatic carbocycles. The fourth-order valence-corrected chi connectivity index (χ4v) is 3.66. The predicted molar refractivity (Wildman–Crippen MR) is 118 cm³/mol. The molecule has 1 aromatic heterocycles. The maximum absolute atomic E-state index is 12.9. The van der Waals surface area contributed by atoms with Crippen molar-refractivity contribution in [1.82, 2.24) is 20.4 Å². The summed E-state index contributed by atoms with van der Waals surface area (Å²) in [5.74, 6) is 2.55. The van der Waals surface area contributed by atoms with Crippen LogP contribution in [0.4, 0.5) is 0 Å². The highest BCUT2D eigenvalue weighted by atomic mass is 16.5. The fraction of sp³-hybridized carbons (Fsp3) is 0.565. The standard InChI is InChI=1S/C23H32N4O5/c1-15(2)21-25-20(32-26-21)6-5-9-24-22(28)16-7-10-27(11-8-16)23(29)17-12-18(30-3)14-19(13-17)31-4/h12-16H,5-11H2,1-4H3,(H,24,28). The van der Waals surface area contributed by atoms with E-state index in [2.05, 4.69) is 15.5 Å². The molecule has 2 amide bonds. The van der Waals surface area contributed by atoms with Crippen molar-refractivity contribution in [2.24, 2.45) is 5.92 Å². The number of nitrogens with zero attached hydrogens (tertiary/aromatic N) is 3. The first-order chi connectivity index (χ1) is 15.4. The van der Waals surface area contributed by atoms with E-state index < -0.39 is 0 Å². The third kappa shape index (κ3) is 5.99. The summed E-state index contributed by atoms with van der Waals surface area (Å²) in [5, 5.41) is 6.94. The lowest BCUT2D eigenvalue weighted by molar-refractivity contribution is -0.126. The summed E-state index contributed by atoms with van der Waals surface area (Å²) in [6.45, 7) is 5.66. The van der Waals surface area contributed by atoms with Crippen molar-refractivity contribution in [2.45, 2.75) is 45.4 Å². The van der Waals surface area contributed by atoms with Gasteiger partial charge in [0.2, 0.25) is 11.8 Å². The number of aryl methyl sites for hydroxylation is 1. The minimum absolute atomic E-state index is 0.0357. The lowest BCUT2D eigenvalue weighted by Crippen LogP contribution is -2.43. The Bertz CT molecular complexity index is 897. The topological polar surface area (TPSA) is 107 Å². The van der Waals surface area contributed by atoms with Gasteiger partial charge >= 0.3 is 0 Å². The van der Waals surface area contributed by atoms with Gasteiger partial charge in [0.25, 0.3) is 5.91 Å². The SMILES string of the molecule is COc1cc(OC)cc(C(=O)N2CCC(C(=O)NCCCc3nc(C(C)C)no3)CC2)c1. The molecule has 1 N–H and O–H groups in total. The van der Waals surface area contributed by atoms with Gasteiger partial charge in [0.1, 0.15) is 11.5 Å². The zero-order valence-electron chi connectivity index (χ0n) is 19.2. The van der Waals surface area contributed by atoms with E-state index in [1.807, 2.05) is 13.8 Å². The number of benzene rings is 1. The molecule has 9 heteroatoms. The van der Waals surface area contributed by atoms with Gasteiger partial charge in [0.15, 0.2) is 5.82 Å². The van der Waals surface area contributed by atoms with Crippen LogP contribution in [-0.2, 0) is 11.2 Å². The lowest BCUT2D eigenvalue weighted by Gasteiger charge is -2.31. The van der Waals surface area contributed by atoms with Gasteiger partial charge in [-0.05, 0) is 31.4 Å². The predicted octanol–water partition coefficient (Wildman–Crippen LogP) is 2.81. The normalized spacial score (nSPS) is 14.5. The highest BCUT2D eigenvalue weighted by Crippen LogP contribution is 2.25. The van der Waals surface area contributed by atoms with Crippen molar-refractivity contribution in [1.29, 1.82) is 0 Å². The first kappa shape index (κ1) is 23.6. The summed E-state index contributed by atoms with van der Waals surface area (Å²) in [5.41, 5.74) is 0.519. The zero-order chi connectivity index (χ0) is 23.1. The highest BCUT2D eigenvalue weighted by molar-refractivity contribution is 5.95. The molecule has 1 aliphatic heterocycles. The molecule has 0 bridgehead atoms. The molecular formula is C23H32N4O5. The molecule has 0 saturated carbocycles. The number of aromatic nitrogens is 2. The van der Waals surface area contributed by atoms with Crippen LogP contribution >= 0.6 is 0 Å². The minimum atomic E-state index is -0.0881. The summed E-state index contributed by atoms with van der Waals surface area (Å²) in [6, 6.07) is 5.14. The van der Waals surface area contributed by atoms with Crippen LogP contribution in [0.1, 0.15) is 61.1 Å². The number of hydrogen-bond acceptors (Lipinski definition) is 7. The Hall–Kier alpha value is -3.10. The number of ether oxygens (including phenoxy) is 2. The number of amides is 2. The molecule has 9 nitrogen and oxygen atoms in total. The molecule has 32 heavy (non-hydrogen) atoms. The quantitative estimate of drug-likeness (QED) is 0.593. The van der Waals surface area contributed by atoms with Gasteiger partial charge < -0.3 is 24.2 Å². The monoisotopic (exact) mass is 444 g/mol. The first-order valence-electron chi connectivity index (χ1n) is 11.0.